The van der Waals surface area contributed by atoms with Gasteiger partial charge in [0.1, 0.15) is 17.3 Å². The van der Waals surface area contributed by atoms with Crippen LogP contribution in [0.25, 0.3) is 11.3 Å². The minimum absolute atomic E-state index is 0.245. The van der Waals surface area contributed by atoms with E-state index in [1.807, 2.05) is 4.57 Å². The lowest BCUT2D eigenvalue weighted by Crippen LogP contribution is -2.05. The molecule has 0 bridgehead atoms. The number of aromatic nitrogens is 2. The predicted octanol–water partition coefficient (Wildman–Crippen LogP) is 3.70. The highest BCUT2D eigenvalue weighted by atomic mass is 19.3. The van der Waals surface area contributed by atoms with E-state index in [9.17, 15) is 17.6 Å². The highest BCUT2D eigenvalue weighted by Crippen LogP contribution is 2.35. The molecule has 8 heteroatoms. The molecule has 0 spiro atoms. The van der Waals surface area contributed by atoms with E-state index in [-0.39, 0.29) is 11.5 Å². The molecule has 2 aromatic rings. The molecule has 2 heterocycles. The van der Waals surface area contributed by atoms with E-state index in [4.69, 9.17) is 0 Å². The van der Waals surface area contributed by atoms with Gasteiger partial charge in [0.2, 0.25) is 0 Å². The van der Waals surface area contributed by atoms with E-state index in [2.05, 4.69) is 14.5 Å². The number of benzene rings is 1. The molecule has 0 atom stereocenters. The van der Waals surface area contributed by atoms with Crippen molar-refractivity contribution in [2.75, 3.05) is 0 Å². The predicted molar refractivity (Wildman–Crippen MR) is 69.2 cm³/mol. The monoisotopic (exact) mass is 316 g/mol. The summed E-state index contributed by atoms with van der Waals surface area (Å²) in [4.78, 5) is 4.37. The van der Waals surface area contributed by atoms with Crippen LogP contribution in [0.5, 0.6) is 11.5 Å². The van der Waals surface area contributed by atoms with Crippen LogP contribution < -0.4 is 9.47 Å². The number of halogens is 4. The first-order chi connectivity index (χ1) is 10.5. The van der Waals surface area contributed by atoms with Gasteiger partial charge in [-0.3, -0.25) is 0 Å². The van der Waals surface area contributed by atoms with Crippen molar-refractivity contribution >= 4 is 0 Å². The van der Waals surface area contributed by atoms with E-state index < -0.39 is 13.2 Å². The molecule has 118 valence electrons. The van der Waals surface area contributed by atoms with Gasteiger partial charge < -0.3 is 14.0 Å². The molecule has 0 saturated carbocycles. The molecular formula is C14H12F4N2O2. The lowest BCUT2D eigenvalue weighted by Gasteiger charge is -2.12. The van der Waals surface area contributed by atoms with Gasteiger partial charge in [-0.2, -0.15) is 17.6 Å². The number of hydrogen-bond acceptors (Lipinski definition) is 3. The van der Waals surface area contributed by atoms with Gasteiger partial charge >= 0.3 is 13.2 Å². The SMILES string of the molecule is FC(F)Oc1ccc(-c2cn3c(n2)CCC3)c(OC(F)F)c1. The molecule has 1 aliphatic rings. The van der Waals surface area contributed by atoms with Crippen LogP contribution >= 0.6 is 0 Å². The highest BCUT2D eigenvalue weighted by molar-refractivity contribution is 5.68. The van der Waals surface area contributed by atoms with Gasteiger partial charge in [-0.1, -0.05) is 0 Å². The van der Waals surface area contributed by atoms with Gasteiger partial charge in [0.25, 0.3) is 0 Å². The van der Waals surface area contributed by atoms with Crippen molar-refractivity contribution in [3.05, 3.63) is 30.2 Å². The molecule has 0 unspecified atom stereocenters. The summed E-state index contributed by atoms with van der Waals surface area (Å²) in [5.74, 6) is 0.372. The van der Waals surface area contributed by atoms with E-state index in [1.165, 1.54) is 12.1 Å². The first kappa shape index (κ1) is 14.7. The normalized spacial score (nSPS) is 13.7. The number of fused-ring (bicyclic) bond motifs is 1. The minimum atomic E-state index is -3.07. The van der Waals surface area contributed by atoms with Crippen LogP contribution in [0.3, 0.4) is 0 Å². The Labute approximate surface area is 123 Å². The lowest BCUT2D eigenvalue weighted by molar-refractivity contribution is -0.0540. The molecule has 3 rings (SSSR count). The van der Waals surface area contributed by atoms with Crippen molar-refractivity contribution in [2.45, 2.75) is 32.6 Å². The third kappa shape index (κ3) is 3.00. The van der Waals surface area contributed by atoms with Crippen LogP contribution in [0.1, 0.15) is 12.2 Å². The quantitative estimate of drug-likeness (QED) is 0.789. The molecule has 0 amide bonds. The maximum absolute atomic E-state index is 12.5. The zero-order valence-corrected chi connectivity index (χ0v) is 11.3. The Morgan fingerprint density at radius 1 is 1.09 bits per heavy atom. The molecule has 0 N–H and O–H groups in total. The van der Waals surface area contributed by atoms with Crippen LogP contribution in [0, 0.1) is 0 Å². The Kier molecular flexibility index (Phi) is 3.91. The third-order valence-electron chi connectivity index (χ3n) is 3.33. The number of alkyl halides is 4. The molecule has 4 nitrogen and oxygen atoms in total. The molecule has 0 fully saturated rings. The lowest BCUT2D eigenvalue weighted by atomic mass is 10.1. The molecule has 1 aliphatic heterocycles. The average molecular weight is 316 g/mol. The van der Waals surface area contributed by atoms with Crippen molar-refractivity contribution in [3.63, 3.8) is 0 Å². The van der Waals surface area contributed by atoms with Crippen molar-refractivity contribution in [1.82, 2.24) is 9.55 Å². The topological polar surface area (TPSA) is 36.3 Å². The standard InChI is InChI=1S/C14H12F4N2O2/c15-13(16)21-8-3-4-9(11(6-8)22-14(17)18)10-7-20-5-1-2-12(20)19-10/h3-4,6-7,13-14H,1-2,5H2. The Morgan fingerprint density at radius 2 is 1.86 bits per heavy atom. The number of ether oxygens (including phenoxy) is 2. The van der Waals surface area contributed by atoms with Gasteiger partial charge in [-0.25, -0.2) is 4.98 Å². The van der Waals surface area contributed by atoms with Crippen LogP contribution in [0.2, 0.25) is 0 Å². The number of nitrogens with zero attached hydrogens (tertiary/aromatic N) is 2. The van der Waals surface area contributed by atoms with Gasteiger partial charge in [0, 0.05) is 30.8 Å². The molecule has 0 radical (unpaired) electrons. The first-order valence-corrected chi connectivity index (χ1v) is 6.63. The van der Waals surface area contributed by atoms with Crippen LogP contribution in [-0.4, -0.2) is 22.8 Å². The number of imidazole rings is 1. The molecule has 1 aromatic heterocycles. The fourth-order valence-corrected chi connectivity index (χ4v) is 2.47. The number of aryl methyl sites for hydroxylation is 2. The maximum atomic E-state index is 12.5. The zero-order valence-electron chi connectivity index (χ0n) is 11.3. The Hall–Kier alpha value is -2.25. The number of hydrogen-bond donors (Lipinski definition) is 0. The Morgan fingerprint density at radius 3 is 2.55 bits per heavy atom. The summed E-state index contributed by atoms with van der Waals surface area (Å²) in [7, 11) is 0. The summed E-state index contributed by atoms with van der Waals surface area (Å²) in [6.07, 6.45) is 3.55. The maximum Gasteiger partial charge on any atom is 0.387 e. The average Bonchev–Trinajstić information content (AvgIpc) is 2.98. The summed E-state index contributed by atoms with van der Waals surface area (Å²) in [6, 6.07) is 3.66. The smallest absolute Gasteiger partial charge is 0.387 e. The third-order valence-corrected chi connectivity index (χ3v) is 3.33. The van der Waals surface area contributed by atoms with Crippen molar-refractivity contribution < 1.29 is 27.0 Å². The molecule has 1 aromatic carbocycles. The largest absolute Gasteiger partial charge is 0.435 e. The van der Waals surface area contributed by atoms with Gasteiger partial charge in [-0.05, 0) is 18.6 Å². The van der Waals surface area contributed by atoms with E-state index in [0.717, 1.165) is 31.3 Å². The van der Waals surface area contributed by atoms with Gasteiger partial charge in [-0.15, -0.1) is 0 Å². The van der Waals surface area contributed by atoms with Crippen LogP contribution in [0.15, 0.2) is 24.4 Å². The van der Waals surface area contributed by atoms with Gasteiger partial charge in [0.05, 0.1) is 5.69 Å². The molecular weight excluding hydrogens is 304 g/mol. The summed E-state index contributed by atoms with van der Waals surface area (Å²) >= 11 is 0. The van der Waals surface area contributed by atoms with Crippen molar-refractivity contribution in [3.8, 4) is 22.8 Å². The summed E-state index contributed by atoms with van der Waals surface area (Å²) in [6.45, 7) is -5.29. The highest BCUT2D eigenvalue weighted by Gasteiger charge is 2.19. The summed E-state index contributed by atoms with van der Waals surface area (Å²) < 4.78 is 60.1. The van der Waals surface area contributed by atoms with Crippen LogP contribution in [0.4, 0.5) is 17.6 Å². The van der Waals surface area contributed by atoms with Gasteiger partial charge in [0.15, 0.2) is 0 Å². The molecule has 22 heavy (non-hydrogen) atoms. The second-order valence-electron chi connectivity index (χ2n) is 4.75. The summed E-state index contributed by atoms with van der Waals surface area (Å²) in [5.41, 5.74) is 0.776. The van der Waals surface area contributed by atoms with Crippen molar-refractivity contribution in [1.29, 1.82) is 0 Å². The fraction of sp³-hybridized carbons (Fsp3) is 0.357. The molecule has 0 saturated heterocycles. The van der Waals surface area contributed by atoms with E-state index in [0.29, 0.717) is 11.3 Å². The second-order valence-corrected chi connectivity index (χ2v) is 4.75. The van der Waals surface area contributed by atoms with E-state index in [1.54, 1.807) is 6.20 Å². The Bertz CT molecular complexity index is 651. The summed E-state index contributed by atoms with van der Waals surface area (Å²) in [5, 5.41) is 0. The Balaban J connectivity index is 1.97. The van der Waals surface area contributed by atoms with Crippen molar-refractivity contribution in [2.24, 2.45) is 0 Å². The molecule has 0 aliphatic carbocycles. The number of rotatable bonds is 5. The fourth-order valence-electron chi connectivity index (χ4n) is 2.47. The second kappa shape index (κ2) is 5.86. The van der Waals surface area contributed by atoms with E-state index >= 15 is 0 Å². The first-order valence-electron chi connectivity index (χ1n) is 6.63. The minimum Gasteiger partial charge on any atom is -0.435 e. The van der Waals surface area contributed by atoms with Crippen LogP contribution in [-0.2, 0) is 13.0 Å². The zero-order chi connectivity index (χ0) is 15.7.